The summed E-state index contributed by atoms with van der Waals surface area (Å²) in [6, 6.07) is 40.7. The standard InChI is InChI=1S/C49H52N2/c1-48(2,3)35-19-16-33(17-20-35)46-40-24-21-37(51-28-12-7-13-29-51)32-43(40)47(41-25-22-36(31-42(41)46)50-26-10-6-11-27-50)34-18-23-39-38-14-8-9-15-44(38)49(4,5)45(39)30-34/h8-9,14-25,30-32H,6-7,10-13,26-29H2,1-5H3. The summed E-state index contributed by atoms with van der Waals surface area (Å²) in [5, 5.41) is 5.42. The highest BCUT2D eigenvalue weighted by Crippen LogP contribution is 2.52. The van der Waals surface area contributed by atoms with E-state index in [1.165, 1.54) is 122 Å². The second-order valence-corrected chi connectivity index (χ2v) is 17.1. The van der Waals surface area contributed by atoms with Crippen LogP contribution in [0.4, 0.5) is 11.4 Å². The first-order valence-corrected chi connectivity index (χ1v) is 19.6. The maximum atomic E-state index is 2.62. The molecule has 0 atom stereocenters. The summed E-state index contributed by atoms with van der Waals surface area (Å²) in [5.74, 6) is 0. The van der Waals surface area contributed by atoms with Crippen LogP contribution in [0.2, 0.25) is 0 Å². The SMILES string of the molecule is CC(C)(C)c1ccc(-c2c3ccc(N4CCCCC4)cc3c(-c3ccc4c(c3)C(C)(C)c3ccccc3-4)c3ccc(N4CCCCC4)cc23)cc1. The van der Waals surface area contributed by atoms with E-state index in [-0.39, 0.29) is 10.8 Å². The molecule has 0 aromatic heterocycles. The zero-order chi connectivity index (χ0) is 34.9. The van der Waals surface area contributed by atoms with Gasteiger partial charge in [-0.15, -0.1) is 0 Å². The number of hydrogen-bond acceptors (Lipinski definition) is 2. The molecule has 258 valence electrons. The van der Waals surface area contributed by atoms with E-state index in [2.05, 4.69) is 148 Å². The van der Waals surface area contributed by atoms with Gasteiger partial charge in [0.25, 0.3) is 0 Å². The Morgan fingerprint density at radius 1 is 0.471 bits per heavy atom. The lowest BCUT2D eigenvalue weighted by molar-refractivity contribution is 0.578. The van der Waals surface area contributed by atoms with E-state index in [4.69, 9.17) is 0 Å². The monoisotopic (exact) mass is 668 g/mol. The van der Waals surface area contributed by atoms with E-state index >= 15 is 0 Å². The molecule has 0 N–H and O–H groups in total. The second kappa shape index (κ2) is 12.3. The molecule has 0 spiro atoms. The number of piperidine rings is 2. The van der Waals surface area contributed by atoms with Gasteiger partial charge in [-0.05, 0) is 146 Å². The van der Waals surface area contributed by atoms with Crippen molar-refractivity contribution in [3.63, 3.8) is 0 Å². The quantitative estimate of drug-likeness (QED) is 0.173. The fourth-order valence-electron chi connectivity index (χ4n) is 9.52. The summed E-state index contributed by atoms with van der Waals surface area (Å²) in [7, 11) is 0. The number of benzene rings is 6. The van der Waals surface area contributed by atoms with Crippen molar-refractivity contribution in [2.24, 2.45) is 0 Å². The molecule has 2 heterocycles. The van der Waals surface area contributed by atoms with Crippen LogP contribution in [0.5, 0.6) is 0 Å². The van der Waals surface area contributed by atoms with E-state index in [0.717, 1.165) is 26.2 Å². The van der Waals surface area contributed by atoms with E-state index in [0.29, 0.717) is 0 Å². The minimum Gasteiger partial charge on any atom is -0.372 e. The number of hydrogen-bond donors (Lipinski definition) is 0. The molecule has 0 saturated carbocycles. The summed E-state index contributed by atoms with van der Waals surface area (Å²) in [6.45, 7) is 16.3. The number of fused-ring (bicyclic) bond motifs is 5. The molecule has 0 unspecified atom stereocenters. The Morgan fingerprint density at radius 2 is 0.980 bits per heavy atom. The van der Waals surface area contributed by atoms with Crippen molar-refractivity contribution < 1.29 is 0 Å². The first-order chi connectivity index (χ1) is 24.7. The lowest BCUT2D eigenvalue weighted by Gasteiger charge is -2.31. The van der Waals surface area contributed by atoms with Crippen LogP contribution in [0.1, 0.15) is 89.8 Å². The lowest BCUT2D eigenvalue weighted by atomic mass is 9.80. The molecule has 51 heavy (non-hydrogen) atoms. The molecule has 2 heteroatoms. The molecule has 2 aliphatic heterocycles. The van der Waals surface area contributed by atoms with Gasteiger partial charge in [0.2, 0.25) is 0 Å². The number of rotatable bonds is 4. The summed E-state index contributed by atoms with van der Waals surface area (Å²) in [4.78, 5) is 5.24. The van der Waals surface area contributed by atoms with Crippen LogP contribution in [-0.2, 0) is 10.8 Å². The minimum atomic E-state index is -0.0529. The minimum absolute atomic E-state index is 0.0529. The van der Waals surface area contributed by atoms with Crippen LogP contribution < -0.4 is 9.80 Å². The molecule has 2 fully saturated rings. The number of anilines is 2. The number of nitrogens with zero attached hydrogens (tertiary/aromatic N) is 2. The third kappa shape index (κ3) is 5.45. The van der Waals surface area contributed by atoms with E-state index in [1.807, 2.05) is 0 Å². The average Bonchev–Trinajstić information content (AvgIpc) is 3.39. The van der Waals surface area contributed by atoms with Gasteiger partial charge in [-0.25, -0.2) is 0 Å². The van der Waals surface area contributed by atoms with E-state index < -0.39 is 0 Å². The first kappa shape index (κ1) is 32.4. The summed E-state index contributed by atoms with van der Waals surface area (Å²) in [5.41, 5.74) is 15.1. The van der Waals surface area contributed by atoms with Crippen LogP contribution in [0.3, 0.4) is 0 Å². The Labute approximate surface area is 305 Å². The molecular formula is C49H52N2. The van der Waals surface area contributed by atoms with Crippen LogP contribution >= 0.6 is 0 Å². The lowest BCUT2D eigenvalue weighted by Crippen LogP contribution is -2.29. The van der Waals surface area contributed by atoms with Crippen molar-refractivity contribution in [3.8, 4) is 33.4 Å². The average molecular weight is 669 g/mol. The van der Waals surface area contributed by atoms with Gasteiger partial charge < -0.3 is 9.80 Å². The fraction of sp³-hybridized carbons (Fsp3) is 0.347. The van der Waals surface area contributed by atoms with Gasteiger partial charge in [0.15, 0.2) is 0 Å². The van der Waals surface area contributed by atoms with Crippen molar-refractivity contribution in [3.05, 3.63) is 120 Å². The summed E-state index contributed by atoms with van der Waals surface area (Å²) in [6.07, 6.45) is 7.76. The van der Waals surface area contributed by atoms with Gasteiger partial charge in [0.05, 0.1) is 0 Å². The highest BCUT2D eigenvalue weighted by atomic mass is 15.1. The van der Waals surface area contributed by atoms with Crippen molar-refractivity contribution in [2.45, 2.75) is 84.0 Å². The molecule has 0 bridgehead atoms. The van der Waals surface area contributed by atoms with Gasteiger partial charge in [-0.1, -0.05) is 107 Å². The van der Waals surface area contributed by atoms with Crippen LogP contribution in [-0.4, -0.2) is 26.2 Å². The van der Waals surface area contributed by atoms with Crippen molar-refractivity contribution in [2.75, 3.05) is 36.0 Å². The third-order valence-electron chi connectivity index (χ3n) is 12.4. The van der Waals surface area contributed by atoms with Gasteiger partial charge >= 0.3 is 0 Å². The Bertz CT molecular complexity index is 2270. The molecule has 9 rings (SSSR count). The molecule has 0 radical (unpaired) electrons. The molecule has 3 aliphatic rings. The molecule has 2 saturated heterocycles. The Kier molecular flexibility index (Phi) is 7.80. The van der Waals surface area contributed by atoms with Gasteiger partial charge in [-0.3, -0.25) is 0 Å². The molecular weight excluding hydrogens is 617 g/mol. The molecule has 0 amide bonds. The molecule has 6 aromatic rings. The van der Waals surface area contributed by atoms with Crippen molar-refractivity contribution >= 4 is 32.9 Å². The summed E-state index contributed by atoms with van der Waals surface area (Å²) >= 11 is 0. The highest BCUT2D eigenvalue weighted by Gasteiger charge is 2.35. The van der Waals surface area contributed by atoms with E-state index in [1.54, 1.807) is 0 Å². The Hall–Kier alpha value is -4.56. The second-order valence-electron chi connectivity index (χ2n) is 17.1. The van der Waals surface area contributed by atoms with Crippen molar-refractivity contribution in [1.82, 2.24) is 0 Å². The zero-order valence-electron chi connectivity index (χ0n) is 31.3. The van der Waals surface area contributed by atoms with Crippen molar-refractivity contribution in [1.29, 1.82) is 0 Å². The predicted octanol–water partition coefficient (Wildman–Crippen LogP) is 12.9. The Balaban J connectivity index is 1.34. The van der Waals surface area contributed by atoms with Gasteiger partial charge in [-0.2, -0.15) is 0 Å². The van der Waals surface area contributed by atoms with Gasteiger partial charge in [0, 0.05) is 43.0 Å². The van der Waals surface area contributed by atoms with Crippen LogP contribution in [0, 0.1) is 0 Å². The predicted molar refractivity (Wildman–Crippen MR) is 221 cm³/mol. The van der Waals surface area contributed by atoms with Crippen LogP contribution in [0.15, 0.2) is 103 Å². The van der Waals surface area contributed by atoms with E-state index in [9.17, 15) is 0 Å². The van der Waals surface area contributed by atoms with Crippen LogP contribution in [0.25, 0.3) is 54.9 Å². The molecule has 6 aromatic carbocycles. The molecule has 2 nitrogen and oxygen atoms in total. The maximum Gasteiger partial charge on any atom is 0.0372 e. The maximum absolute atomic E-state index is 2.62. The highest BCUT2D eigenvalue weighted by molar-refractivity contribution is 6.22. The first-order valence-electron chi connectivity index (χ1n) is 19.6. The third-order valence-corrected chi connectivity index (χ3v) is 12.4. The smallest absolute Gasteiger partial charge is 0.0372 e. The normalized spacial score (nSPS) is 17.2. The fourth-order valence-corrected chi connectivity index (χ4v) is 9.52. The summed E-state index contributed by atoms with van der Waals surface area (Å²) < 4.78 is 0. The Morgan fingerprint density at radius 3 is 1.55 bits per heavy atom. The van der Waals surface area contributed by atoms with Gasteiger partial charge in [0.1, 0.15) is 0 Å². The zero-order valence-corrected chi connectivity index (χ0v) is 31.3. The molecule has 1 aliphatic carbocycles. The largest absolute Gasteiger partial charge is 0.372 e. The topological polar surface area (TPSA) is 6.48 Å².